The van der Waals surface area contributed by atoms with E-state index in [1.807, 2.05) is 23.1 Å². The van der Waals surface area contributed by atoms with Crippen LogP contribution >= 0.6 is 0 Å². The van der Waals surface area contributed by atoms with E-state index in [9.17, 15) is 9.18 Å². The summed E-state index contributed by atoms with van der Waals surface area (Å²) >= 11 is 0. The number of hydrogen-bond donors (Lipinski definition) is 1. The molecule has 128 valence electrons. The van der Waals surface area contributed by atoms with Gasteiger partial charge in [-0.1, -0.05) is 6.07 Å². The number of nitrogens with zero attached hydrogens (tertiary/aromatic N) is 3. The quantitative estimate of drug-likeness (QED) is 0.781. The normalized spacial score (nSPS) is 15.4. The maximum atomic E-state index is 13.3. The molecule has 2 aromatic heterocycles. The number of carbonyl (C=O) groups excluding carboxylic acids is 1. The monoisotopic (exact) mass is 338 g/mol. The number of fused-ring (bicyclic) bond motifs is 1. The smallest absolute Gasteiger partial charge is 0.270 e. The van der Waals surface area contributed by atoms with Crippen LogP contribution in [0.3, 0.4) is 0 Å². The van der Waals surface area contributed by atoms with Gasteiger partial charge in [0.15, 0.2) is 0 Å². The minimum atomic E-state index is -0.300. The molecule has 1 amide bonds. The number of H-pyrrole nitrogens is 1. The fourth-order valence-corrected chi connectivity index (χ4v) is 3.28. The summed E-state index contributed by atoms with van der Waals surface area (Å²) in [7, 11) is 0. The van der Waals surface area contributed by atoms with Crippen molar-refractivity contribution < 1.29 is 9.18 Å². The van der Waals surface area contributed by atoms with Crippen molar-refractivity contribution in [3.63, 3.8) is 0 Å². The van der Waals surface area contributed by atoms with E-state index in [1.165, 1.54) is 12.1 Å². The molecule has 0 bridgehead atoms. The van der Waals surface area contributed by atoms with Crippen molar-refractivity contribution in [1.82, 2.24) is 14.9 Å². The number of rotatable bonds is 2. The topological polar surface area (TPSA) is 52.2 Å². The summed E-state index contributed by atoms with van der Waals surface area (Å²) in [5.74, 6) is 0.601. The van der Waals surface area contributed by atoms with E-state index >= 15 is 0 Å². The summed E-state index contributed by atoms with van der Waals surface area (Å²) in [6, 6.07) is 12.1. The first kappa shape index (κ1) is 15.6. The SMILES string of the molecule is O=C(c1cc2cc(F)ccc2[nH]1)N1CCCN(c2ccccn2)CC1. The lowest BCUT2D eigenvalue weighted by Gasteiger charge is -2.22. The second-order valence-corrected chi connectivity index (χ2v) is 6.24. The number of aromatic nitrogens is 2. The summed E-state index contributed by atoms with van der Waals surface area (Å²) in [6.07, 6.45) is 2.67. The van der Waals surface area contributed by atoms with Gasteiger partial charge in [-0.2, -0.15) is 0 Å². The minimum absolute atomic E-state index is 0.0421. The molecule has 1 aliphatic rings. The molecule has 0 aliphatic carbocycles. The molecule has 0 radical (unpaired) electrons. The Labute approximate surface area is 145 Å². The molecule has 0 unspecified atom stereocenters. The van der Waals surface area contributed by atoms with Gasteiger partial charge in [0.25, 0.3) is 5.91 Å². The van der Waals surface area contributed by atoms with Gasteiger partial charge in [-0.05, 0) is 42.8 Å². The average molecular weight is 338 g/mol. The largest absolute Gasteiger partial charge is 0.355 e. The van der Waals surface area contributed by atoms with E-state index in [0.717, 1.165) is 30.8 Å². The number of aromatic amines is 1. The maximum Gasteiger partial charge on any atom is 0.270 e. The lowest BCUT2D eigenvalue weighted by molar-refractivity contribution is 0.0762. The predicted octanol–water partition coefficient (Wildman–Crippen LogP) is 3.05. The van der Waals surface area contributed by atoms with Crippen molar-refractivity contribution in [2.75, 3.05) is 31.1 Å². The average Bonchev–Trinajstić information content (AvgIpc) is 2.89. The first-order valence-corrected chi connectivity index (χ1v) is 8.44. The Morgan fingerprint density at radius 2 is 2.00 bits per heavy atom. The van der Waals surface area contributed by atoms with Crippen LogP contribution in [0.5, 0.6) is 0 Å². The van der Waals surface area contributed by atoms with Crippen LogP contribution in [0.1, 0.15) is 16.9 Å². The molecule has 0 atom stereocenters. The molecule has 3 aromatic rings. The molecule has 6 heteroatoms. The summed E-state index contributed by atoms with van der Waals surface area (Å²) < 4.78 is 13.3. The first-order valence-electron chi connectivity index (χ1n) is 8.44. The number of nitrogens with one attached hydrogen (secondary N) is 1. The van der Waals surface area contributed by atoms with Gasteiger partial charge in [-0.3, -0.25) is 4.79 Å². The molecule has 5 nitrogen and oxygen atoms in total. The zero-order chi connectivity index (χ0) is 17.2. The fraction of sp³-hybridized carbons (Fsp3) is 0.263. The lowest BCUT2D eigenvalue weighted by atomic mass is 10.2. The van der Waals surface area contributed by atoms with E-state index in [1.54, 1.807) is 18.3 Å². The molecule has 0 saturated carbocycles. The minimum Gasteiger partial charge on any atom is -0.355 e. The Kier molecular flexibility index (Phi) is 4.09. The number of benzene rings is 1. The van der Waals surface area contributed by atoms with Crippen LogP contribution in [0.15, 0.2) is 48.7 Å². The molecule has 25 heavy (non-hydrogen) atoms. The van der Waals surface area contributed by atoms with Crippen LogP contribution < -0.4 is 4.90 Å². The van der Waals surface area contributed by atoms with E-state index in [2.05, 4.69) is 14.9 Å². The molecular weight excluding hydrogens is 319 g/mol. The zero-order valence-electron chi connectivity index (χ0n) is 13.8. The number of carbonyl (C=O) groups is 1. The number of anilines is 1. The Morgan fingerprint density at radius 3 is 2.84 bits per heavy atom. The molecule has 1 N–H and O–H groups in total. The van der Waals surface area contributed by atoms with Gasteiger partial charge >= 0.3 is 0 Å². The Balaban J connectivity index is 1.50. The summed E-state index contributed by atoms with van der Waals surface area (Å²) in [4.78, 5) is 24.4. The van der Waals surface area contributed by atoms with Gasteiger partial charge < -0.3 is 14.8 Å². The highest BCUT2D eigenvalue weighted by atomic mass is 19.1. The van der Waals surface area contributed by atoms with Crippen LogP contribution in [0.2, 0.25) is 0 Å². The number of hydrogen-bond acceptors (Lipinski definition) is 3. The van der Waals surface area contributed by atoms with Gasteiger partial charge in [0.05, 0.1) is 0 Å². The molecule has 1 aromatic carbocycles. The molecule has 1 aliphatic heterocycles. The highest BCUT2D eigenvalue weighted by Crippen LogP contribution is 2.19. The van der Waals surface area contributed by atoms with Crippen molar-refractivity contribution in [1.29, 1.82) is 0 Å². The Hall–Kier alpha value is -2.89. The van der Waals surface area contributed by atoms with E-state index in [4.69, 9.17) is 0 Å². The lowest BCUT2D eigenvalue weighted by Crippen LogP contribution is -2.35. The third-order valence-electron chi connectivity index (χ3n) is 4.57. The second kappa shape index (κ2) is 6.55. The standard InChI is InChI=1S/C19H19FN4O/c20-15-5-6-16-14(12-15)13-17(22-16)19(25)24-9-3-8-23(10-11-24)18-4-1-2-7-21-18/h1-2,4-7,12-13,22H,3,8-11H2. The number of pyridine rings is 1. The van der Waals surface area contributed by atoms with Crippen molar-refractivity contribution >= 4 is 22.6 Å². The Morgan fingerprint density at radius 1 is 1.08 bits per heavy atom. The van der Waals surface area contributed by atoms with E-state index in [0.29, 0.717) is 24.2 Å². The van der Waals surface area contributed by atoms with Crippen LogP contribution in [0.25, 0.3) is 10.9 Å². The van der Waals surface area contributed by atoms with E-state index < -0.39 is 0 Å². The van der Waals surface area contributed by atoms with Crippen molar-refractivity contribution in [3.8, 4) is 0 Å². The zero-order valence-corrected chi connectivity index (χ0v) is 13.8. The van der Waals surface area contributed by atoms with Crippen molar-refractivity contribution in [2.24, 2.45) is 0 Å². The van der Waals surface area contributed by atoms with Crippen LogP contribution in [0.4, 0.5) is 10.2 Å². The molecule has 1 fully saturated rings. The maximum absolute atomic E-state index is 13.3. The Bertz CT molecular complexity index is 893. The number of halogens is 1. The highest BCUT2D eigenvalue weighted by Gasteiger charge is 2.22. The van der Waals surface area contributed by atoms with Gasteiger partial charge in [0.1, 0.15) is 17.3 Å². The third-order valence-corrected chi connectivity index (χ3v) is 4.57. The fourth-order valence-electron chi connectivity index (χ4n) is 3.28. The molecule has 3 heterocycles. The highest BCUT2D eigenvalue weighted by molar-refractivity contribution is 5.98. The van der Waals surface area contributed by atoms with Gasteiger partial charge in [0.2, 0.25) is 0 Å². The third kappa shape index (κ3) is 3.20. The summed E-state index contributed by atoms with van der Waals surface area (Å²) in [5.41, 5.74) is 1.28. The van der Waals surface area contributed by atoms with Crippen molar-refractivity contribution in [3.05, 3.63) is 60.2 Å². The molecule has 0 spiro atoms. The van der Waals surface area contributed by atoms with E-state index in [-0.39, 0.29) is 11.7 Å². The molecular formula is C19H19FN4O. The second-order valence-electron chi connectivity index (χ2n) is 6.24. The predicted molar refractivity (Wildman–Crippen MR) is 95.2 cm³/mol. The van der Waals surface area contributed by atoms with Crippen LogP contribution in [-0.4, -0.2) is 47.0 Å². The van der Waals surface area contributed by atoms with Crippen LogP contribution in [0, 0.1) is 5.82 Å². The van der Waals surface area contributed by atoms with Gasteiger partial charge in [0, 0.05) is 43.3 Å². The molecule has 1 saturated heterocycles. The molecule has 4 rings (SSSR count). The van der Waals surface area contributed by atoms with Gasteiger partial charge in [-0.15, -0.1) is 0 Å². The summed E-state index contributed by atoms with van der Waals surface area (Å²) in [6.45, 7) is 2.96. The number of amides is 1. The first-order chi connectivity index (χ1) is 12.2. The van der Waals surface area contributed by atoms with Crippen molar-refractivity contribution in [2.45, 2.75) is 6.42 Å². The van der Waals surface area contributed by atoms with Crippen LogP contribution in [-0.2, 0) is 0 Å². The summed E-state index contributed by atoms with van der Waals surface area (Å²) in [5, 5.41) is 0.716. The van der Waals surface area contributed by atoms with Gasteiger partial charge in [-0.25, -0.2) is 9.37 Å².